The molecule has 0 aliphatic heterocycles. The maximum atomic E-state index is 12.6. The average molecular weight is 288 g/mol. The number of nitrogens with one attached hydrogen (secondary N) is 2. The topological polar surface area (TPSA) is 41.1 Å². The Kier molecular flexibility index (Phi) is 5.27. The second kappa shape index (κ2) is 6.97. The van der Waals surface area contributed by atoms with Gasteiger partial charge in [0.1, 0.15) is 0 Å². The van der Waals surface area contributed by atoms with Crippen LogP contribution < -0.4 is 10.6 Å². The number of carbonyl (C=O) groups is 1. The van der Waals surface area contributed by atoms with Gasteiger partial charge in [0.25, 0.3) is 5.91 Å². The molecule has 1 aliphatic rings. The zero-order chi connectivity index (χ0) is 15.4. The predicted octanol–water partition coefficient (Wildman–Crippen LogP) is 3.98. The molecule has 1 aromatic carbocycles. The van der Waals surface area contributed by atoms with Gasteiger partial charge in [0.15, 0.2) is 0 Å². The van der Waals surface area contributed by atoms with Crippen LogP contribution in [0.15, 0.2) is 18.2 Å². The van der Waals surface area contributed by atoms with Crippen molar-refractivity contribution in [2.24, 2.45) is 11.8 Å². The van der Waals surface area contributed by atoms with Crippen molar-refractivity contribution in [3.05, 3.63) is 29.3 Å². The van der Waals surface area contributed by atoms with E-state index in [1.807, 2.05) is 25.1 Å². The van der Waals surface area contributed by atoms with E-state index in [1.165, 1.54) is 18.4 Å². The highest BCUT2D eigenvalue weighted by atomic mass is 16.1. The number of amides is 1. The molecule has 3 atom stereocenters. The van der Waals surface area contributed by atoms with Gasteiger partial charge in [-0.25, -0.2) is 0 Å². The first-order valence-corrected chi connectivity index (χ1v) is 8.16. The number of carbonyl (C=O) groups excluding carboxylic acids is 1. The van der Waals surface area contributed by atoms with Gasteiger partial charge in [-0.2, -0.15) is 0 Å². The minimum Gasteiger partial charge on any atom is -0.385 e. The third kappa shape index (κ3) is 3.99. The van der Waals surface area contributed by atoms with Crippen LogP contribution in [0.5, 0.6) is 0 Å². The van der Waals surface area contributed by atoms with Crippen LogP contribution in [-0.4, -0.2) is 18.5 Å². The zero-order valence-electron chi connectivity index (χ0n) is 13.7. The smallest absolute Gasteiger partial charge is 0.253 e. The fraction of sp³-hybridized carbons (Fsp3) is 0.611. The van der Waals surface area contributed by atoms with Crippen molar-refractivity contribution >= 4 is 11.6 Å². The van der Waals surface area contributed by atoms with E-state index < -0.39 is 0 Å². The standard InChI is InChI=1S/C18H28N2O/c1-5-19-17-11-13(3)6-8-15(17)18(21)20-16-9-7-12(2)10-14(16)4/h6,8,11-12,14,16,19H,5,7,9-10H2,1-4H3,(H,20,21). The van der Waals surface area contributed by atoms with Gasteiger partial charge in [-0.15, -0.1) is 0 Å². The summed E-state index contributed by atoms with van der Waals surface area (Å²) in [5.41, 5.74) is 2.86. The average Bonchev–Trinajstić information content (AvgIpc) is 2.42. The molecule has 0 radical (unpaired) electrons. The van der Waals surface area contributed by atoms with E-state index in [1.54, 1.807) is 0 Å². The summed E-state index contributed by atoms with van der Waals surface area (Å²) < 4.78 is 0. The molecule has 1 aromatic rings. The van der Waals surface area contributed by atoms with Crippen LogP contribution in [0, 0.1) is 18.8 Å². The molecule has 0 aromatic heterocycles. The minimum absolute atomic E-state index is 0.0531. The molecule has 2 N–H and O–H groups in total. The maximum Gasteiger partial charge on any atom is 0.253 e. The second-order valence-corrected chi connectivity index (χ2v) is 6.55. The Bertz CT molecular complexity index is 498. The first kappa shape index (κ1) is 15.9. The van der Waals surface area contributed by atoms with Crippen LogP contribution in [0.1, 0.15) is 56.0 Å². The van der Waals surface area contributed by atoms with Crippen molar-refractivity contribution in [1.29, 1.82) is 0 Å². The SMILES string of the molecule is CCNc1cc(C)ccc1C(=O)NC1CCC(C)CC1C. The summed E-state index contributed by atoms with van der Waals surface area (Å²) in [6.07, 6.45) is 3.51. The van der Waals surface area contributed by atoms with E-state index in [0.29, 0.717) is 12.0 Å². The summed E-state index contributed by atoms with van der Waals surface area (Å²) in [6.45, 7) is 9.47. The van der Waals surface area contributed by atoms with Crippen LogP contribution in [-0.2, 0) is 0 Å². The highest BCUT2D eigenvalue weighted by Crippen LogP contribution is 2.29. The van der Waals surface area contributed by atoms with Crippen molar-refractivity contribution < 1.29 is 4.79 Å². The van der Waals surface area contributed by atoms with Gasteiger partial charge in [-0.3, -0.25) is 4.79 Å². The van der Waals surface area contributed by atoms with Gasteiger partial charge in [0.05, 0.1) is 5.56 Å². The van der Waals surface area contributed by atoms with E-state index in [-0.39, 0.29) is 5.91 Å². The molecule has 3 nitrogen and oxygen atoms in total. The summed E-state index contributed by atoms with van der Waals surface area (Å²) in [7, 11) is 0. The Balaban J connectivity index is 2.09. The van der Waals surface area contributed by atoms with E-state index in [9.17, 15) is 4.79 Å². The molecule has 1 amide bonds. The minimum atomic E-state index is 0.0531. The summed E-state index contributed by atoms with van der Waals surface area (Å²) in [5.74, 6) is 1.40. The fourth-order valence-electron chi connectivity index (χ4n) is 3.32. The third-order valence-electron chi connectivity index (χ3n) is 4.53. The predicted molar refractivity (Wildman–Crippen MR) is 88.8 cm³/mol. The molecule has 0 spiro atoms. The van der Waals surface area contributed by atoms with Gasteiger partial charge >= 0.3 is 0 Å². The van der Waals surface area contributed by atoms with Crippen LogP contribution in [0.4, 0.5) is 5.69 Å². The first-order valence-electron chi connectivity index (χ1n) is 8.16. The molecule has 1 aliphatic carbocycles. The molecule has 0 saturated heterocycles. The molecule has 3 unspecified atom stereocenters. The molecule has 1 saturated carbocycles. The van der Waals surface area contributed by atoms with Crippen molar-refractivity contribution in [2.45, 2.75) is 53.0 Å². The number of hydrogen-bond donors (Lipinski definition) is 2. The number of benzene rings is 1. The fourth-order valence-corrected chi connectivity index (χ4v) is 3.32. The Morgan fingerprint density at radius 2 is 2.05 bits per heavy atom. The van der Waals surface area contributed by atoms with Gasteiger partial charge in [-0.05, 0) is 62.6 Å². The molecule has 21 heavy (non-hydrogen) atoms. The number of aryl methyl sites for hydroxylation is 1. The largest absolute Gasteiger partial charge is 0.385 e. The van der Waals surface area contributed by atoms with Crippen LogP contribution in [0.3, 0.4) is 0 Å². The van der Waals surface area contributed by atoms with E-state index in [2.05, 4.69) is 31.4 Å². The van der Waals surface area contributed by atoms with Crippen LogP contribution in [0.25, 0.3) is 0 Å². The summed E-state index contributed by atoms with van der Waals surface area (Å²) in [6, 6.07) is 6.29. The van der Waals surface area contributed by atoms with Gasteiger partial charge < -0.3 is 10.6 Å². The lowest BCUT2D eigenvalue weighted by molar-refractivity contribution is 0.0900. The van der Waals surface area contributed by atoms with Gasteiger partial charge in [0, 0.05) is 18.3 Å². The Morgan fingerprint density at radius 3 is 2.71 bits per heavy atom. The van der Waals surface area contributed by atoms with Crippen molar-refractivity contribution in [3.8, 4) is 0 Å². The number of hydrogen-bond acceptors (Lipinski definition) is 2. The lowest BCUT2D eigenvalue weighted by atomic mass is 9.80. The van der Waals surface area contributed by atoms with Gasteiger partial charge in [-0.1, -0.05) is 19.9 Å². The summed E-state index contributed by atoms with van der Waals surface area (Å²) in [5, 5.41) is 6.54. The molecule has 1 fully saturated rings. The quantitative estimate of drug-likeness (QED) is 0.880. The lowest BCUT2D eigenvalue weighted by Gasteiger charge is -2.33. The Labute approximate surface area is 128 Å². The summed E-state index contributed by atoms with van der Waals surface area (Å²) >= 11 is 0. The Morgan fingerprint density at radius 1 is 1.29 bits per heavy atom. The van der Waals surface area contributed by atoms with Crippen molar-refractivity contribution in [3.63, 3.8) is 0 Å². The Hall–Kier alpha value is -1.51. The van der Waals surface area contributed by atoms with E-state index in [0.717, 1.165) is 30.1 Å². The summed E-state index contributed by atoms with van der Waals surface area (Å²) in [4.78, 5) is 12.6. The highest BCUT2D eigenvalue weighted by Gasteiger charge is 2.27. The second-order valence-electron chi connectivity index (χ2n) is 6.55. The van der Waals surface area contributed by atoms with E-state index in [4.69, 9.17) is 0 Å². The van der Waals surface area contributed by atoms with E-state index >= 15 is 0 Å². The molecule has 2 rings (SSSR count). The highest BCUT2D eigenvalue weighted by molar-refractivity contribution is 5.99. The molecule has 3 heteroatoms. The number of rotatable bonds is 4. The molecular weight excluding hydrogens is 260 g/mol. The van der Waals surface area contributed by atoms with Crippen LogP contribution >= 0.6 is 0 Å². The number of anilines is 1. The normalized spacial score (nSPS) is 25.4. The first-order chi connectivity index (χ1) is 10.0. The molecule has 0 bridgehead atoms. The zero-order valence-corrected chi connectivity index (χ0v) is 13.7. The molecule has 116 valence electrons. The van der Waals surface area contributed by atoms with Crippen molar-refractivity contribution in [1.82, 2.24) is 5.32 Å². The molecule has 0 heterocycles. The molecular formula is C18H28N2O. The van der Waals surface area contributed by atoms with Crippen molar-refractivity contribution in [2.75, 3.05) is 11.9 Å². The third-order valence-corrected chi connectivity index (χ3v) is 4.53. The maximum absolute atomic E-state index is 12.6. The lowest BCUT2D eigenvalue weighted by Crippen LogP contribution is -2.42. The monoisotopic (exact) mass is 288 g/mol. The van der Waals surface area contributed by atoms with Crippen LogP contribution in [0.2, 0.25) is 0 Å². The van der Waals surface area contributed by atoms with Gasteiger partial charge in [0.2, 0.25) is 0 Å².